The van der Waals surface area contributed by atoms with E-state index in [0.717, 1.165) is 28.1 Å². The van der Waals surface area contributed by atoms with Gasteiger partial charge in [0.2, 0.25) is 5.91 Å². The van der Waals surface area contributed by atoms with Gasteiger partial charge in [-0.15, -0.1) is 0 Å². The smallest absolute Gasteiger partial charge is 0.226 e. The summed E-state index contributed by atoms with van der Waals surface area (Å²) in [4.78, 5) is 12.2. The van der Waals surface area contributed by atoms with Gasteiger partial charge in [-0.3, -0.25) is 9.89 Å². The Balaban J connectivity index is 1.88. The van der Waals surface area contributed by atoms with Gasteiger partial charge in [-0.25, -0.2) is 0 Å². The molecule has 0 spiro atoms. The first-order valence-corrected chi connectivity index (χ1v) is 8.32. The molecule has 1 aliphatic rings. The fraction of sp³-hybridized carbons (Fsp3) is 0.158. The highest BCUT2D eigenvalue weighted by molar-refractivity contribution is 6.30. The summed E-state index contributed by atoms with van der Waals surface area (Å²) in [6.45, 7) is 0. The second-order valence-electron chi connectivity index (χ2n) is 5.91. The highest BCUT2D eigenvalue weighted by atomic mass is 35.5. The second kappa shape index (κ2) is 6.26. The van der Waals surface area contributed by atoms with E-state index in [-0.39, 0.29) is 11.8 Å². The molecular formula is C19H16ClN3O2. The molecule has 5 nitrogen and oxygen atoms in total. The predicted molar refractivity (Wildman–Crippen MR) is 97.1 cm³/mol. The third kappa shape index (κ3) is 2.76. The first-order chi connectivity index (χ1) is 12.2. The van der Waals surface area contributed by atoms with Crippen LogP contribution in [0.25, 0.3) is 11.3 Å². The van der Waals surface area contributed by atoms with Crippen molar-refractivity contribution in [2.75, 3.05) is 12.4 Å². The standard InChI is InChI=1S/C19H16ClN3O2/c1-25-15-5-3-2-4-13(15)14-10-16(24)21-19-17(14)18(22-23-19)11-6-8-12(20)9-7-11/h2-9,14H,10H2,1H3,(H2,21,22,23,24)/t14-/m0/s1. The largest absolute Gasteiger partial charge is 0.496 e. The third-order valence-corrected chi connectivity index (χ3v) is 4.70. The van der Waals surface area contributed by atoms with Gasteiger partial charge in [0.25, 0.3) is 0 Å². The van der Waals surface area contributed by atoms with Crippen LogP contribution in [0, 0.1) is 0 Å². The van der Waals surface area contributed by atoms with Crippen molar-refractivity contribution in [3.05, 3.63) is 64.7 Å². The average Bonchev–Trinajstić information content (AvgIpc) is 3.05. The number of fused-ring (bicyclic) bond motifs is 1. The zero-order valence-electron chi connectivity index (χ0n) is 13.5. The highest BCUT2D eigenvalue weighted by Gasteiger charge is 2.33. The lowest BCUT2D eigenvalue weighted by atomic mass is 9.84. The minimum atomic E-state index is -0.135. The van der Waals surface area contributed by atoms with E-state index in [4.69, 9.17) is 16.3 Å². The van der Waals surface area contributed by atoms with E-state index in [1.54, 1.807) is 7.11 Å². The predicted octanol–water partition coefficient (Wildman–Crippen LogP) is 4.21. The fourth-order valence-electron chi connectivity index (χ4n) is 3.31. The Hall–Kier alpha value is -2.79. The van der Waals surface area contributed by atoms with Gasteiger partial charge < -0.3 is 10.1 Å². The Kier molecular flexibility index (Phi) is 3.93. The highest BCUT2D eigenvalue weighted by Crippen LogP contribution is 2.44. The van der Waals surface area contributed by atoms with Crippen LogP contribution in [0.15, 0.2) is 48.5 Å². The number of para-hydroxylation sites is 1. The molecule has 1 aromatic heterocycles. The van der Waals surface area contributed by atoms with Gasteiger partial charge in [-0.2, -0.15) is 5.10 Å². The Bertz CT molecular complexity index is 934. The number of rotatable bonds is 3. The molecular weight excluding hydrogens is 338 g/mol. The van der Waals surface area contributed by atoms with E-state index < -0.39 is 0 Å². The molecule has 25 heavy (non-hydrogen) atoms. The number of carbonyl (C=O) groups is 1. The molecule has 1 aliphatic heterocycles. The zero-order chi connectivity index (χ0) is 17.4. The quantitative estimate of drug-likeness (QED) is 0.741. The maximum atomic E-state index is 12.2. The summed E-state index contributed by atoms with van der Waals surface area (Å²) in [6.07, 6.45) is 0.341. The van der Waals surface area contributed by atoms with Crippen LogP contribution in [-0.2, 0) is 4.79 Å². The monoisotopic (exact) mass is 353 g/mol. The Morgan fingerprint density at radius 2 is 1.92 bits per heavy atom. The molecule has 0 bridgehead atoms. The van der Waals surface area contributed by atoms with E-state index in [1.807, 2.05) is 48.5 Å². The minimum Gasteiger partial charge on any atom is -0.496 e. The van der Waals surface area contributed by atoms with Crippen molar-refractivity contribution < 1.29 is 9.53 Å². The van der Waals surface area contributed by atoms with Gasteiger partial charge in [-0.05, 0) is 18.2 Å². The fourth-order valence-corrected chi connectivity index (χ4v) is 3.44. The number of anilines is 1. The summed E-state index contributed by atoms with van der Waals surface area (Å²) >= 11 is 6.00. The first-order valence-electron chi connectivity index (χ1n) is 7.94. The number of ether oxygens (including phenoxy) is 1. The minimum absolute atomic E-state index is 0.0578. The number of hydrogen-bond acceptors (Lipinski definition) is 3. The molecule has 0 radical (unpaired) electrons. The van der Waals surface area contributed by atoms with Gasteiger partial charge in [0.05, 0.1) is 12.8 Å². The van der Waals surface area contributed by atoms with Crippen LogP contribution >= 0.6 is 11.6 Å². The number of amides is 1. The van der Waals surface area contributed by atoms with Crippen LogP contribution in [0.5, 0.6) is 5.75 Å². The van der Waals surface area contributed by atoms with Crippen LogP contribution < -0.4 is 10.1 Å². The first kappa shape index (κ1) is 15.7. The number of aromatic amines is 1. The van der Waals surface area contributed by atoms with Crippen LogP contribution in [0.1, 0.15) is 23.5 Å². The number of H-pyrrole nitrogens is 1. The summed E-state index contributed by atoms with van der Waals surface area (Å²) in [5.74, 6) is 1.13. The number of hydrogen-bond donors (Lipinski definition) is 2. The van der Waals surface area contributed by atoms with Crippen molar-refractivity contribution in [1.29, 1.82) is 0 Å². The van der Waals surface area contributed by atoms with Crippen molar-refractivity contribution in [3.8, 4) is 17.0 Å². The molecule has 0 saturated heterocycles. The van der Waals surface area contributed by atoms with Gasteiger partial charge in [-0.1, -0.05) is 41.9 Å². The van der Waals surface area contributed by atoms with Crippen molar-refractivity contribution in [2.24, 2.45) is 0 Å². The molecule has 1 atom stereocenters. The maximum absolute atomic E-state index is 12.2. The second-order valence-corrected chi connectivity index (χ2v) is 6.35. The Labute approximate surface area is 150 Å². The molecule has 0 fully saturated rings. The molecule has 2 aromatic carbocycles. The van der Waals surface area contributed by atoms with E-state index in [1.165, 1.54) is 0 Å². The van der Waals surface area contributed by atoms with Crippen molar-refractivity contribution in [1.82, 2.24) is 10.2 Å². The molecule has 0 unspecified atom stereocenters. The molecule has 4 rings (SSSR count). The van der Waals surface area contributed by atoms with Crippen molar-refractivity contribution >= 4 is 23.3 Å². The molecule has 3 aromatic rings. The zero-order valence-corrected chi connectivity index (χ0v) is 14.3. The van der Waals surface area contributed by atoms with E-state index in [9.17, 15) is 4.79 Å². The number of benzene rings is 2. The molecule has 126 valence electrons. The number of nitrogens with one attached hydrogen (secondary N) is 2. The van der Waals surface area contributed by atoms with E-state index >= 15 is 0 Å². The summed E-state index contributed by atoms with van der Waals surface area (Å²) < 4.78 is 5.51. The van der Waals surface area contributed by atoms with Gasteiger partial charge in [0.1, 0.15) is 5.75 Å². The lowest BCUT2D eigenvalue weighted by Crippen LogP contribution is -2.23. The number of nitrogens with zero attached hydrogens (tertiary/aromatic N) is 1. The van der Waals surface area contributed by atoms with Crippen LogP contribution in [0.3, 0.4) is 0 Å². The summed E-state index contributed by atoms with van der Waals surface area (Å²) in [6, 6.07) is 15.3. The molecule has 2 heterocycles. The van der Waals surface area contributed by atoms with E-state index in [0.29, 0.717) is 17.3 Å². The summed E-state index contributed by atoms with van der Waals surface area (Å²) in [7, 11) is 1.64. The lowest BCUT2D eigenvalue weighted by Gasteiger charge is -2.25. The number of carbonyl (C=O) groups excluding carboxylic acids is 1. The SMILES string of the molecule is COc1ccccc1[C@@H]1CC(=O)Nc2n[nH]c(-c3ccc(Cl)cc3)c21. The number of methoxy groups -OCH3 is 1. The van der Waals surface area contributed by atoms with Crippen LogP contribution in [-0.4, -0.2) is 23.2 Å². The summed E-state index contributed by atoms with van der Waals surface area (Å²) in [5, 5.41) is 10.9. The molecule has 2 N–H and O–H groups in total. The molecule has 0 aliphatic carbocycles. The Morgan fingerprint density at radius 1 is 1.16 bits per heavy atom. The number of halogens is 1. The maximum Gasteiger partial charge on any atom is 0.226 e. The Morgan fingerprint density at radius 3 is 2.68 bits per heavy atom. The van der Waals surface area contributed by atoms with Gasteiger partial charge >= 0.3 is 0 Å². The van der Waals surface area contributed by atoms with Gasteiger partial charge in [0, 0.05) is 34.1 Å². The number of aromatic nitrogens is 2. The van der Waals surface area contributed by atoms with E-state index in [2.05, 4.69) is 15.5 Å². The molecule has 6 heteroatoms. The van der Waals surface area contributed by atoms with Crippen molar-refractivity contribution in [3.63, 3.8) is 0 Å². The van der Waals surface area contributed by atoms with Crippen LogP contribution in [0.2, 0.25) is 5.02 Å². The van der Waals surface area contributed by atoms with Crippen LogP contribution in [0.4, 0.5) is 5.82 Å². The third-order valence-electron chi connectivity index (χ3n) is 4.45. The normalized spacial score (nSPS) is 16.2. The lowest BCUT2D eigenvalue weighted by molar-refractivity contribution is -0.116. The topological polar surface area (TPSA) is 67.0 Å². The summed E-state index contributed by atoms with van der Waals surface area (Å²) in [5.41, 5.74) is 3.78. The van der Waals surface area contributed by atoms with Gasteiger partial charge in [0.15, 0.2) is 5.82 Å². The molecule has 1 amide bonds. The van der Waals surface area contributed by atoms with Crippen molar-refractivity contribution in [2.45, 2.75) is 12.3 Å². The molecule has 0 saturated carbocycles. The average molecular weight is 354 g/mol.